The largest absolute Gasteiger partial charge is 0.386 e. The lowest BCUT2D eigenvalue weighted by Crippen LogP contribution is -2.24. The van der Waals surface area contributed by atoms with Gasteiger partial charge in [-0.05, 0) is 25.5 Å². The van der Waals surface area contributed by atoms with E-state index in [1.165, 1.54) is 28.3 Å². The van der Waals surface area contributed by atoms with E-state index in [0.29, 0.717) is 16.3 Å². The van der Waals surface area contributed by atoms with Gasteiger partial charge in [-0.3, -0.25) is 9.36 Å². The van der Waals surface area contributed by atoms with Gasteiger partial charge in [0.2, 0.25) is 0 Å². The minimum Gasteiger partial charge on any atom is -0.386 e. The SMILES string of the molecule is Cc1sc2ncn(C[C@H](O)c3ccc(F)cc3F)c(=O)c2c1C. The van der Waals surface area contributed by atoms with E-state index in [0.717, 1.165) is 16.5 Å². The second kappa shape index (κ2) is 5.82. The Balaban J connectivity index is 1.99. The number of aryl methyl sites for hydroxylation is 2. The molecule has 0 spiro atoms. The number of fused-ring (bicyclic) bond motifs is 1. The third-order valence-corrected chi connectivity index (χ3v) is 4.96. The predicted molar refractivity (Wildman–Crippen MR) is 84.7 cm³/mol. The van der Waals surface area contributed by atoms with Gasteiger partial charge in [-0.15, -0.1) is 11.3 Å². The van der Waals surface area contributed by atoms with E-state index in [9.17, 15) is 18.7 Å². The maximum atomic E-state index is 13.7. The average Bonchev–Trinajstić information content (AvgIpc) is 2.77. The predicted octanol–water partition coefficient (Wildman–Crippen LogP) is 3.09. The molecule has 0 aliphatic heterocycles. The van der Waals surface area contributed by atoms with Gasteiger partial charge in [-0.1, -0.05) is 6.07 Å². The molecule has 2 aromatic heterocycles. The summed E-state index contributed by atoms with van der Waals surface area (Å²) in [7, 11) is 0. The van der Waals surface area contributed by atoms with Crippen molar-refractivity contribution in [3.05, 3.63) is 62.5 Å². The van der Waals surface area contributed by atoms with Crippen LogP contribution in [0.15, 0.2) is 29.3 Å². The molecule has 0 radical (unpaired) electrons. The van der Waals surface area contributed by atoms with Crippen LogP contribution in [0, 0.1) is 25.5 Å². The molecule has 3 aromatic rings. The number of aromatic nitrogens is 2. The Morgan fingerprint density at radius 1 is 1.35 bits per heavy atom. The lowest BCUT2D eigenvalue weighted by atomic mass is 10.1. The maximum Gasteiger partial charge on any atom is 0.262 e. The standard InChI is InChI=1S/C16H14F2N2O2S/c1-8-9(2)23-15-14(8)16(22)20(7-19-15)6-13(21)11-4-3-10(17)5-12(11)18/h3-5,7,13,21H,6H2,1-2H3/t13-/m0/s1. The summed E-state index contributed by atoms with van der Waals surface area (Å²) in [6, 6.07) is 2.94. The zero-order chi connectivity index (χ0) is 16.7. The van der Waals surface area contributed by atoms with E-state index in [2.05, 4.69) is 4.98 Å². The summed E-state index contributed by atoms with van der Waals surface area (Å²) in [6.07, 6.45) is 0.0672. The second-order valence-corrected chi connectivity index (χ2v) is 6.55. The highest BCUT2D eigenvalue weighted by molar-refractivity contribution is 7.18. The molecule has 0 saturated carbocycles. The van der Waals surface area contributed by atoms with Crippen LogP contribution in [0.2, 0.25) is 0 Å². The van der Waals surface area contributed by atoms with E-state index in [1.54, 1.807) is 0 Å². The molecule has 0 amide bonds. The van der Waals surface area contributed by atoms with Crippen molar-refractivity contribution in [1.29, 1.82) is 0 Å². The van der Waals surface area contributed by atoms with Gasteiger partial charge in [0.15, 0.2) is 0 Å². The first-order valence-electron chi connectivity index (χ1n) is 6.96. The van der Waals surface area contributed by atoms with Crippen molar-refractivity contribution in [3.8, 4) is 0 Å². The number of aliphatic hydroxyl groups excluding tert-OH is 1. The fourth-order valence-corrected chi connectivity index (χ4v) is 3.44. The summed E-state index contributed by atoms with van der Waals surface area (Å²) >= 11 is 1.43. The van der Waals surface area contributed by atoms with Crippen LogP contribution in [0.25, 0.3) is 10.2 Å². The van der Waals surface area contributed by atoms with Crippen LogP contribution < -0.4 is 5.56 Å². The fraction of sp³-hybridized carbons (Fsp3) is 0.250. The summed E-state index contributed by atoms with van der Waals surface area (Å²) in [6.45, 7) is 3.60. The average molecular weight is 336 g/mol. The van der Waals surface area contributed by atoms with Crippen LogP contribution in [0.3, 0.4) is 0 Å². The normalized spacial score (nSPS) is 12.7. The van der Waals surface area contributed by atoms with Gasteiger partial charge in [0.25, 0.3) is 5.56 Å². The number of benzene rings is 1. The third-order valence-electron chi connectivity index (χ3n) is 3.85. The Morgan fingerprint density at radius 3 is 2.78 bits per heavy atom. The summed E-state index contributed by atoms with van der Waals surface area (Å²) in [5.41, 5.74) is 0.523. The molecule has 2 heterocycles. The van der Waals surface area contributed by atoms with E-state index < -0.39 is 17.7 Å². The van der Waals surface area contributed by atoms with Crippen LogP contribution in [0.4, 0.5) is 8.78 Å². The van der Waals surface area contributed by atoms with E-state index in [1.807, 2.05) is 13.8 Å². The molecule has 0 unspecified atom stereocenters. The molecule has 0 saturated heterocycles. The third kappa shape index (κ3) is 2.77. The van der Waals surface area contributed by atoms with Crippen LogP contribution in [-0.2, 0) is 6.54 Å². The van der Waals surface area contributed by atoms with Gasteiger partial charge in [-0.25, -0.2) is 13.8 Å². The van der Waals surface area contributed by atoms with Gasteiger partial charge in [0.1, 0.15) is 16.5 Å². The fourth-order valence-electron chi connectivity index (χ4n) is 2.46. The van der Waals surface area contributed by atoms with Gasteiger partial charge >= 0.3 is 0 Å². The summed E-state index contributed by atoms with van der Waals surface area (Å²) in [4.78, 5) is 18.4. The molecule has 7 heteroatoms. The zero-order valence-corrected chi connectivity index (χ0v) is 13.3. The summed E-state index contributed by atoms with van der Waals surface area (Å²) in [5.74, 6) is -1.56. The number of thiophene rings is 1. The first kappa shape index (κ1) is 15.8. The number of halogens is 2. The monoisotopic (exact) mass is 336 g/mol. The van der Waals surface area contributed by atoms with Crippen LogP contribution >= 0.6 is 11.3 Å². The molecular formula is C16H14F2N2O2S. The molecule has 4 nitrogen and oxygen atoms in total. The molecule has 0 aliphatic carbocycles. The quantitative estimate of drug-likeness (QED) is 0.800. The van der Waals surface area contributed by atoms with Crippen molar-refractivity contribution in [2.45, 2.75) is 26.5 Å². The zero-order valence-electron chi connectivity index (χ0n) is 12.5. The number of nitrogens with zero attached hydrogens (tertiary/aromatic N) is 2. The van der Waals surface area contributed by atoms with Gasteiger partial charge in [0.05, 0.1) is 24.4 Å². The molecule has 0 bridgehead atoms. The second-order valence-electron chi connectivity index (χ2n) is 5.35. The van der Waals surface area contributed by atoms with Crippen molar-refractivity contribution >= 4 is 21.6 Å². The molecule has 120 valence electrons. The molecule has 0 aliphatic rings. The maximum absolute atomic E-state index is 13.7. The highest BCUT2D eigenvalue weighted by Gasteiger charge is 2.17. The Kier molecular flexibility index (Phi) is 3.99. The highest BCUT2D eigenvalue weighted by atomic mass is 32.1. The smallest absolute Gasteiger partial charge is 0.262 e. The molecule has 3 rings (SSSR count). The topological polar surface area (TPSA) is 55.1 Å². The molecule has 23 heavy (non-hydrogen) atoms. The number of hydrogen-bond donors (Lipinski definition) is 1. The molecule has 1 atom stereocenters. The van der Waals surface area contributed by atoms with Gasteiger partial charge in [0, 0.05) is 16.5 Å². The van der Waals surface area contributed by atoms with E-state index >= 15 is 0 Å². The van der Waals surface area contributed by atoms with Gasteiger partial charge < -0.3 is 5.11 Å². The van der Waals surface area contributed by atoms with Crippen molar-refractivity contribution < 1.29 is 13.9 Å². The molecule has 1 aromatic carbocycles. The number of rotatable bonds is 3. The lowest BCUT2D eigenvalue weighted by Gasteiger charge is -2.13. The molecular weight excluding hydrogens is 322 g/mol. The van der Waals surface area contributed by atoms with Crippen molar-refractivity contribution in [2.24, 2.45) is 0 Å². The number of hydrogen-bond acceptors (Lipinski definition) is 4. The first-order valence-corrected chi connectivity index (χ1v) is 7.78. The Hall–Kier alpha value is -2.12. The molecule has 1 N–H and O–H groups in total. The van der Waals surface area contributed by atoms with Gasteiger partial charge in [-0.2, -0.15) is 0 Å². The molecule has 0 fully saturated rings. The van der Waals surface area contributed by atoms with E-state index in [4.69, 9.17) is 0 Å². The Labute approximate surface area is 134 Å². The Bertz CT molecular complexity index is 949. The van der Waals surface area contributed by atoms with Crippen molar-refractivity contribution in [2.75, 3.05) is 0 Å². The van der Waals surface area contributed by atoms with Crippen LogP contribution in [0.1, 0.15) is 22.1 Å². The van der Waals surface area contributed by atoms with Crippen LogP contribution in [0.5, 0.6) is 0 Å². The number of aliphatic hydroxyl groups is 1. The van der Waals surface area contributed by atoms with E-state index in [-0.39, 0.29) is 17.7 Å². The van der Waals surface area contributed by atoms with Crippen molar-refractivity contribution in [1.82, 2.24) is 9.55 Å². The van der Waals surface area contributed by atoms with Crippen molar-refractivity contribution in [3.63, 3.8) is 0 Å². The lowest BCUT2D eigenvalue weighted by molar-refractivity contribution is 0.150. The minimum absolute atomic E-state index is 0.0587. The Morgan fingerprint density at radius 2 is 2.09 bits per heavy atom. The minimum atomic E-state index is -1.27. The first-order chi connectivity index (χ1) is 10.9. The summed E-state index contributed by atoms with van der Waals surface area (Å²) in [5, 5.41) is 10.7. The van der Waals surface area contributed by atoms with Crippen LogP contribution in [-0.4, -0.2) is 14.7 Å². The highest BCUT2D eigenvalue weighted by Crippen LogP contribution is 2.26. The summed E-state index contributed by atoms with van der Waals surface area (Å²) < 4.78 is 27.9.